The Morgan fingerprint density at radius 3 is 2.75 bits per heavy atom. The molecule has 2 rings (SSSR count). The average molecular weight is 352 g/mol. The smallest absolute Gasteiger partial charge is 0.306 e. The molecule has 134 valence electrons. The van der Waals surface area contributed by atoms with Gasteiger partial charge in [0.1, 0.15) is 5.60 Å². The summed E-state index contributed by atoms with van der Waals surface area (Å²) in [6.45, 7) is 8.42. The summed E-state index contributed by atoms with van der Waals surface area (Å²) >= 11 is 1.64. The molecule has 0 radical (unpaired) electrons. The second kappa shape index (κ2) is 7.68. The van der Waals surface area contributed by atoms with Gasteiger partial charge >= 0.3 is 5.97 Å². The van der Waals surface area contributed by atoms with E-state index in [0.29, 0.717) is 25.3 Å². The number of nitrogens with zero attached hydrogens (tertiary/aromatic N) is 1. The Morgan fingerprint density at radius 1 is 1.38 bits per heavy atom. The van der Waals surface area contributed by atoms with Gasteiger partial charge in [-0.25, -0.2) is 0 Å². The van der Waals surface area contributed by atoms with Crippen molar-refractivity contribution in [1.29, 1.82) is 0 Å². The van der Waals surface area contributed by atoms with E-state index in [2.05, 4.69) is 13.0 Å². The summed E-state index contributed by atoms with van der Waals surface area (Å²) < 4.78 is 5.29. The van der Waals surface area contributed by atoms with E-state index >= 15 is 0 Å². The maximum Gasteiger partial charge on any atom is 0.306 e. The van der Waals surface area contributed by atoms with E-state index < -0.39 is 5.60 Å². The predicted octanol–water partition coefficient (Wildman–Crippen LogP) is 4.07. The number of aryl methyl sites for hydroxylation is 1. The number of amides is 1. The van der Waals surface area contributed by atoms with Crippen molar-refractivity contribution in [2.75, 3.05) is 13.6 Å². The zero-order valence-electron chi connectivity index (χ0n) is 15.5. The number of carbonyl (C=O) groups excluding carboxylic acids is 2. The molecule has 1 unspecified atom stereocenters. The summed E-state index contributed by atoms with van der Waals surface area (Å²) in [4.78, 5) is 28.2. The fraction of sp³-hybridized carbons (Fsp3) is 0.684. The zero-order valence-corrected chi connectivity index (χ0v) is 16.3. The first kappa shape index (κ1) is 19.0. The van der Waals surface area contributed by atoms with Crippen LogP contribution in [0, 0.1) is 5.92 Å². The Kier molecular flexibility index (Phi) is 6.07. The maximum absolute atomic E-state index is 12.6. The lowest BCUT2D eigenvalue weighted by Crippen LogP contribution is -2.28. The first-order chi connectivity index (χ1) is 11.2. The van der Waals surface area contributed by atoms with Crippen molar-refractivity contribution in [3.63, 3.8) is 0 Å². The molecule has 0 aliphatic heterocycles. The number of esters is 1. The molecular weight excluding hydrogens is 322 g/mol. The molecule has 1 amide bonds. The average Bonchev–Trinajstić information content (AvgIpc) is 2.87. The van der Waals surface area contributed by atoms with Gasteiger partial charge in [0.2, 0.25) is 0 Å². The molecule has 1 heterocycles. The Labute approximate surface area is 149 Å². The largest absolute Gasteiger partial charge is 0.460 e. The first-order valence-corrected chi connectivity index (χ1v) is 9.56. The van der Waals surface area contributed by atoms with E-state index in [1.165, 1.54) is 16.9 Å². The van der Waals surface area contributed by atoms with Crippen LogP contribution < -0.4 is 0 Å². The molecule has 1 aromatic rings. The van der Waals surface area contributed by atoms with Crippen LogP contribution in [0.4, 0.5) is 0 Å². The zero-order chi connectivity index (χ0) is 17.9. The summed E-state index contributed by atoms with van der Waals surface area (Å²) in [6.07, 6.45) is 4.36. The minimum absolute atomic E-state index is 0.0613. The van der Waals surface area contributed by atoms with Crippen molar-refractivity contribution in [2.45, 2.75) is 65.4 Å². The van der Waals surface area contributed by atoms with Gasteiger partial charge in [0.15, 0.2) is 0 Å². The van der Waals surface area contributed by atoms with Gasteiger partial charge in [0.25, 0.3) is 5.91 Å². The first-order valence-electron chi connectivity index (χ1n) is 8.74. The highest BCUT2D eigenvalue weighted by Crippen LogP contribution is 2.32. The van der Waals surface area contributed by atoms with E-state index in [4.69, 9.17) is 4.74 Å². The molecule has 5 heteroatoms. The van der Waals surface area contributed by atoms with Gasteiger partial charge in [0.05, 0.1) is 4.88 Å². The molecule has 1 aliphatic carbocycles. The number of carbonyl (C=O) groups is 2. The Hall–Kier alpha value is -1.36. The SMILES string of the molecule is CC1CCc2sc(C(=O)N(C)CCCC(=O)OC(C)(C)C)cc2C1. The van der Waals surface area contributed by atoms with Crippen LogP contribution in [0.1, 0.15) is 67.1 Å². The molecule has 0 aromatic carbocycles. The van der Waals surface area contributed by atoms with Gasteiger partial charge in [0, 0.05) is 24.9 Å². The van der Waals surface area contributed by atoms with Crippen LogP contribution in [-0.4, -0.2) is 36.0 Å². The number of ether oxygens (including phenoxy) is 1. The molecule has 0 spiro atoms. The van der Waals surface area contributed by atoms with Gasteiger partial charge in [-0.05, 0) is 64.0 Å². The fourth-order valence-electron chi connectivity index (χ4n) is 2.95. The van der Waals surface area contributed by atoms with E-state index in [1.807, 2.05) is 20.8 Å². The highest BCUT2D eigenvalue weighted by atomic mass is 32.1. The molecule has 4 nitrogen and oxygen atoms in total. The van der Waals surface area contributed by atoms with Crippen LogP contribution in [0.3, 0.4) is 0 Å². The molecule has 0 N–H and O–H groups in total. The predicted molar refractivity (Wildman–Crippen MR) is 97.5 cm³/mol. The lowest BCUT2D eigenvalue weighted by Gasteiger charge is -2.20. The van der Waals surface area contributed by atoms with E-state index in [9.17, 15) is 9.59 Å². The normalized spacial score (nSPS) is 17.3. The van der Waals surface area contributed by atoms with Gasteiger partial charge in [-0.15, -0.1) is 11.3 Å². The second-order valence-corrected chi connectivity index (χ2v) is 8.96. The number of thiophene rings is 1. The minimum atomic E-state index is -0.452. The third kappa shape index (κ3) is 5.33. The van der Waals surface area contributed by atoms with E-state index in [-0.39, 0.29) is 11.9 Å². The van der Waals surface area contributed by atoms with Gasteiger partial charge in [-0.1, -0.05) is 6.92 Å². The van der Waals surface area contributed by atoms with Gasteiger partial charge in [-0.2, -0.15) is 0 Å². The van der Waals surface area contributed by atoms with Crippen molar-refractivity contribution < 1.29 is 14.3 Å². The Bertz CT molecular complexity index is 600. The number of fused-ring (bicyclic) bond motifs is 1. The monoisotopic (exact) mass is 351 g/mol. The minimum Gasteiger partial charge on any atom is -0.460 e. The van der Waals surface area contributed by atoms with Crippen molar-refractivity contribution in [3.8, 4) is 0 Å². The fourth-order valence-corrected chi connectivity index (χ4v) is 4.16. The molecule has 0 bridgehead atoms. The highest BCUT2D eigenvalue weighted by molar-refractivity contribution is 7.14. The quantitative estimate of drug-likeness (QED) is 0.751. The third-order valence-electron chi connectivity index (χ3n) is 4.18. The molecule has 24 heavy (non-hydrogen) atoms. The topological polar surface area (TPSA) is 46.6 Å². The number of hydrogen-bond acceptors (Lipinski definition) is 4. The number of hydrogen-bond donors (Lipinski definition) is 0. The second-order valence-electron chi connectivity index (χ2n) is 7.82. The lowest BCUT2D eigenvalue weighted by atomic mass is 9.90. The van der Waals surface area contributed by atoms with Crippen molar-refractivity contribution in [3.05, 3.63) is 21.4 Å². The van der Waals surface area contributed by atoms with Crippen molar-refractivity contribution in [1.82, 2.24) is 4.90 Å². The third-order valence-corrected chi connectivity index (χ3v) is 5.41. The highest BCUT2D eigenvalue weighted by Gasteiger charge is 2.22. The van der Waals surface area contributed by atoms with E-state index in [0.717, 1.165) is 17.7 Å². The van der Waals surface area contributed by atoms with Crippen LogP contribution in [0.25, 0.3) is 0 Å². The summed E-state index contributed by atoms with van der Waals surface area (Å²) in [5.41, 5.74) is 0.899. The number of rotatable bonds is 5. The molecule has 1 aliphatic rings. The van der Waals surface area contributed by atoms with Crippen LogP contribution in [0.5, 0.6) is 0 Å². The van der Waals surface area contributed by atoms with Gasteiger partial charge < -0.3 is 9.64 Å². The van der Waals surface area contributed by atoms with Crippen molar-refractivity contribution >= 4 is 23.2 Å². The standard InChI is InChI=1S/C19H29NO3S/c1-13-8-9-15-14(11-13)12-16(24-15)18(22)20(5)10-6-7-17(21)23-19(2,3)4/h12-13H,6-11H2,1-5H3. The van der Waals surface area contributed by atoms with Crippen LogP contribution in [0.2, 0.25) is 0 Å². The molecule has 0 saturated heterocycles. The molecule has 1 atom stereocenters. The van der Waals surface area contributed by atoms with E-state index in [1.54, 1.807) is 23.3 Å². The molecule has 0 fully saturated rings. The van der Waals surface area contributed by atoms with Crippen LogP contribution in [0.15, 0.2) is 6.07 Å². The molecular formula is C19H29NO3S. The van der Waals surface area contributed by atoms with Crippen LogP contribution >= 0.6 is 11.3 Å². The lowest BCUT2D eigenvalue weighted by molar-refractivity contribution is -0.154. The van der Waals surface area contributed by atoms with Crippen molar-refractivity contribution in [2.24, 2.45) is 5.92 Å². The Morgan fingerprint density at radius 2 is 2.08 bits per heavy atom. The summed E-state index contributed by atoms with van der Waals surface area (Å²) in [5, 5.41) is 0. The summed E-state index contributed by atoms with van der Waals surface area (Å²) in [7, 11) is 1.80. The molecule has 1 aromatic heterocycles. The molecule has 0 saturated carbocycles. The summed E-state index contributed by atoms with van der Waals surface area (Å²) in [6, 6.07) is 2.07. The maximum atomic E-state index is 12.6. The van der Waals surface area contributed by atoms with Crippen LogP contribution in [-0.2, 0) is 22.4 Å². The Balaban J connectivity index is 1.83. The summed E-state index contributed by atoms with van der Waals surface area (Å²) in [5.74, 6) is 0.566. The van der Waals surface area contributed by atoms with Gasteiger partial charge in [-0.3, -0.25) is 9.59 Å².